The van der Waals surface area contributed by atoms with Gasteiger partial charge in [-0.25, -0.2) is 0 Å². The largest absolute Gasteiger partial charge is 0.366 e. The third kappa shape index (κ3) is 5.29. The molecule has 2 unspecified atom stereocenters. The van der Waals surface area contributed by atoms with Crippen LogP contribution in [0.25, 0.3) is 60.6 Å². The molecule has 254 valence electrons. The number of rotatable bonds is 5. The summed E-state index contributed by atoms with van der Waals surface area (Å²) in [6.07, 6.45) is 2.30. The van der Waals surface area contributed by atoms with Crippen LogP contribution < -0.4 is 10.6 Å². The van der Waals surface area contributed by atoms with Crippen LogP contribution >= 0.6 is 0 Å². The van der Waals surface area contributed by atoms with E-state index in [0.717, 1.165) is 5.70 Å². The van der Waals surface area contributed by atoms with E-state index in [9.17, 15) is 0 Å². The molecule has 0 bridgehead atoms. The van der Waals surface area contributed by atoms with Crippen LogP contribution in [0.2, 0.25) is 0 Å². The Hall–Kier alpha value is -6.22. The Kier molecular flexibility index (Phi) is 7.42. The molecule has 2 N–H and O–H groups in total. The highest BCUT2D eigenvalue weighted by Gasteiger charge is 2.37. The molecular weight excluding hydrogens is 641 g/mol. The molecule has 1 aliphatic heterocycles. The molecule has 8 aromatic rings. The first-order valence-corrected chi connectivity index (χ1v) is 18.7. The number of benzene rings is 8. The monoisotopic (exact) mass is 680 g/mol. The lowest BCUT2D eigenvalue weighted by Crippen LogP contribution is -2.39. The molecule has 53 heavy (non-hydrogen) atoms. The molecule has 2 heteroatoms. The fourth-order valence-electron chi connectivity index (χ4n) is 8.87. The summed E-state index contributed by atoms with van der Waals surface area (Å²) in [6.45, 7) is 4.74. The lowest BCUT2D eigenvalue weighted by atomic mass is 9.81. The SMILES string of the molecule is CC1(C)c2cc3ccccc3cc2-c2c(-c3cccc(C4=CC(c5ccc6ccccc6c5-c5ccccc5)NC(c5ccccc5)N4)c3)cccc21. The summed E-state index contributed by atoms with van der Waals surface area (Å²) >= 11 is 0. The Balaban J connectivity index is 1.13. The number of nitrogens with one attached hydrogen (secondary N) is 2. The molecule has 2 atom stereocenters. The predicted octanol–water partition coefficient (Wildman–Crippen LogP) is 12.6. The van der Waals surface area contributed by atoms with Crippen LogP contribution in [0.3, 0.4) is 0 Å². The first-order chi connectivity index (χ1) is 26.0. The van der Waals surface area contributed by atoms with Crippen LogP contribution in [-0.2, 0) is 5.41 Å². The van der Waals surface area contributed by atoms with Gasteiger partial charge in [0.1, 0.15) is 6.17 Å². The second-order valence-electron chi connectivity index (χ2n) is 15.0. The Bertz CT molecular complexity index is 2710. The molecule has 1 aliphatic carbocycles. The fourth-order valence-corrected chi connectivity index (χ4v) is 8.87. The summed E-state index contributed by atoms with van der Waals surface area (Å²) < 4.78 is 0. The van der Waals surface area contributed by atoms with E-state index in [-0.39, 0.29) is 17.6 Å². The van der Waals surface area contributed by atoms with Crippen LogP contribution in [0.5, 0.6) is 0 Å². The van der Waals surface area contributed by atoms with Crippen molar-refractivity contribution in [3.05, 3.63) is 210 Å². The molecule has 2 aliphatic rings. The van der Waals surface area contributed by atoms with Gasteiger partial charge in [-0.05, 0) is 107 Å². The lowest BCUT2D eigenvalue weighted by Gasteiger charge is -2.34. The van der Waals surface area contributed by atoms with Crippen LogP contribution in [0, 0.1) is 0 Å². The van der Waals surface area contributed by atoms with Gasteiger partial charge in [0.05, 0.1) is 6.04 Å². The van der Waals surface area contributed by atoms with E-state index >= 15 is 0 Å². The Morgan fingerprint density at radius 3 is 1.94 bits per heavy atom. The molecule has 8 aromatic carbocycles. The molecule has 0 radical (unpaired) electrons. The summed E-state index contributed by atoms with van der Waals surface area (Å²) in [5.74, 6) is 0. The van der Waals surface area contributed by atoms with Crippen molar-refractivity contribution in [2.45, 2.75) is 31.5 Å². The zero-order valence-corrected chi connectivity index (χ0v) is 30.0. The average Bonchev–Trinajstić information content (AvgIpc) is 3.45. The zero-order chi connectivity index (χ0) is 35.5. The number of fused-ring (bicyclic) bond motifs is 5. The molecule has 10 rings (SSSR count). The number of hydrogen-bond acceptors (Lipinski definition) is 2. The maximum atomic E-state index is 3.99. The van der Waals surface area contributed by atoms with Gasteiger partial charge in [-0.15, -0.1) is 0 Å². The van der Waals surface area contributed by atoms with Crippen molar-refractivity contribution in [1.82, 2.24) is 10.6 Å². The molecule has 1 heterocycles. The molecular formula is C51H40N2. The maximum absolute atomic E-state index is 3.99. The smallest absolute Gasteiger partial charge is 0.104 e. The highest BCUT2D eigenvalue weighted by Crippen LogP contribution is 2.53. The molecule has 0 aromatic heterocycles. The van der Waals surface area contributed by atoms with Crippen LogP contribution in [0.15, 0.2) is 182 Å². The van der Waals surface area contributed by atoms with Gasteiger partial charge in [-0.2, -0.15) is 0 Å². The van der Waals surface area contributed by atoms with Gasteiger partial charge in [0.25, 0.3) is 0 Å². The van der Waals surface area contributed by atoms with Gasteiger partial charge >= 0.3 is 0 Å². The van der Waals surface area contributed by atoms with E-state index in [4.69, 9.17) is 0 Å². The topological polar surface area (TPSA) is 24.1 Å². The Labute approximate surface area is 311 Å². The van der Waals surface area contributed by atoms with Crippen molar-refractivity contribution in [2.75, 3.05) is 0 Å². The van der Waals surface area contributed by atoms with Crippen molar-refractivity contribution in [3.8, 4) is 33.4 Å². The molecule has 0 saturated heterocycles. The average molecular weight is 681 g/mol. The van der Waals surface area contributed by atoms with E-state index in [0.29, 0.717) is 0 Å². The third-order valence-corrected chi connectivity index (χ3v) is 11.5. The lowest BCUT2D eigenvalue weighted by molar-refractivity contribution is 0.443. The molecule has 0 fully saturated rings. The third-order valence-electron chi connectivity index (χ3n) is 11.5. The molecule has 0 saturated carbocycles. The standard InChI is InChI=1S/C51H40N2/c1-51(2)44-26-14-25-41(49(44)43-30-36-20-9-10-21-37(36)31-45(43)51)38-22-13-23-39(29-38)46-32-47(53-50(52-46)35-18-7-4-8-19-35)42-28-27-33-15-11-12-24-40(33)48(42)34-16-5-3-6-17-34/h3-32,47,50,52-53H,1-2H3. The Morgan fingerprint density at radius 1 is 0.472 bits per heavy atom. The van der Waals surface area contributed by atoms with E-state index in [2.05, 4.69) is 206 Å². The fraction of sp³-hybridized carbons (Fsp3) is 0.0980. The van der Waals surface area contributed by atoms with Crippen molar-refractivity contribution in [1.29, 1.82) is 0 Å². The van der Waals surface area contributed by atoms with Gasteiger partial charge < -0.3 is 5.32 Å². The van der Waals surface area contributed by atoms with E-state index in [1.165, 1.54) is 82.7 Å². The van der Waals surface area contributed by atoms with Crippen LogP contribution in [-0.4, -0.2) is 0 Å². The normalized spacial score (nSPS) is 17.2. The van der Waals surface area contributed by atoms with Crippen molar-refractivity contribution >= 4 is 27.2 Å². The van der Waals surface area contributed by atoms with Crippen LogP contribution in [0.4, 0.5) is 0 Å². The quantitative estimate of drug-likeness (QED) is 0.189. The minimum atomic E-state index is -0.0894. The maximum Gasteiger partial charge on any atom is 0.104 e. The summed E-state index contributed by atoms with van der Waals surface area (Å²) in [4.78, 5) is 0. The van der Waals surface area contributed by atoms with Crippen LogP contribution in [0.1, 0.15) is 53.9 Å². The molecule has 0 amide bonds. The van der Waals surface area contributed by atoms with Gasteiger partial charge in [0, 0.05) is 11.1 Å². The molecule has 2 nitrogen and oxygen atoms in total. The van der Waals surface area contributed by atoms with Crippen molar-refractivity contribution < 1.29 is 0 Å². The summed E-state index contributed by atoms with van der Waals surface area (Å²) in [7, 11) is 0. The summed E-state index contributed by atoms with van der Waals surface area (Å²) in [5.41, 5.74) is 15.1. The minimum absolute atomic E-state index is 0.0399. The predicted molar refractivity (Wildman–Crippen MR) is 223 cm³/mol. The molecule has 0 spiro atoms. The first-order valence-electron chi connectivity index (χ1n) is 18.7. The summed E-state index contributed by atoms with van der Waals surface area (Å²) in [5, 5.41) is 13.0. The van der Waals surface area contributed by atoms with Gasteiger partial charge in [-0.3, -0.25) is 5.32 Å². The first kappa shape index (κ1) is 31.5. The minimum Gasteiger partial charge on any atom is -0.366 e. The van der Waals surface area contributed by atoms with E-state index in [1.807, 2.05) is 0 Å². The Morgan fingerprint density at radius 2 is 1.13 bits per heavy atom. The van der Waals surface area contributed by atoms with Crippen molar-refractivity contribution in [2.24, 2.45) is 0 Å². The highest BCUT2D eigenvalue weighted by atomic mass is 15.2. The van der Waals surface area contributed by atoms with Gasteiger partial charge in [-0.1, -0.05) is 172 Å². The van der Waals surface area contributed by atoms with E-state index in [1.54, 1.807) is 0 Å². The summed E-state index contributed by atoms with van der Waals surface area (Å²) in [6, 6.07) is 64.4. The van der Waals surface area contributed by atoms with Crippen molar-refractivity contribution in [3.63, 3.8) is 0 Å². The van der Waals surface area contributed by atoms with E-state index < -0.39 is 0 Å². The van der Waals surface area contributed by atoms with Gasteiger partial charge in [0.2, 0.25) is 0 Å². The van der Waals surface area contributed by atoms with Gasteiger partial charge in [0.15, 0.2) is 0 Å². The zero-order valence-electron chi connectivity index (χ0n) is 30.0. The second kappa shape index (κ2) is 12.5. The highest BCUT2D eigenvalue weighted by molar-refractivity contribution is 6.00. The number of hydrogen-bond donors (Lipinski definition) is 2. The second-order valence-corrected chi connectivity index (χ2v) is 15.0.